The molecule has 26 heavy (non-hydrogen) atoms. The number of rotatable bonds is 1. The molecule has 4 rings (SSSR count). The van der Waals surface area contributed by atoms with Crippen molar-refractivity contribution in [2.45, 2.75) is 13.1 Å². The number of aromatic nitrogens is 3. The molecule has 3 aromatic rings. The molecule has 3 heterocycles. The summed E-state index contributed by atoms with van der Waals surface area (Å²) in [5.74, 6) is 6.77. The second-order valence-electron chi connectivity index (χ2n) is 6.05. The molecule has 0 radical (unpaired) electrons. The van der Waals surface area contributed by atoms with Gasteiger partial charge in [-0.3, -0.25) is 14.3 Å². The van der Waals surface area contributed by atoms with Gasteiger partial charge >= 0.3 is 0 Å². The summed E-state index contributed by atoms with van der Waals surface area (Å²) in [7, 11) is 0. The van der Waals surface area contributed by atoms with Crippen molar-refractivity contribution in [3.05, 3.63) is 70.0 Å². The minimum absolute atomic E-state index is 0.0363. The molecule has 0 aliphatic carbocycles. The summed E-state index contributed by atoms with van der Waals surface area (Å²) in [6.07, 6.45) is 1.70. The van der Waals surface area contributed by atoms with Gasteiger partial charge < -0.3 is 0 Å². The first-order valence-corrected chi connectivity index (χ1v) is 8.30. The quantitative estimate of drug-likeness (QED) is 0.496. The maximum Gasteiger partial charge on any atom is 0.261 e. The van der Waals surface area contributed by atoms with Gasteiger partial charge in [-0.15, -0.1) is 0 Å². The molecule has 1 aliphatic heterocycles. The molecule has 6 nitrogen and oxygen atoms in total. The predicted octanol–water partition coefficient (Wildman–Crippen LogP) is 1.53. The molecule has 126 valence electrons. The third-order valence-electron chi connectivity index (χ3n) is 4.33. The number of pyridine rings is 1. The van der Waals surface area contributed by atoms with Crippen LogP contribution in [0.2, 0.25) is 0 Å². The van der Waals surface area contributed by atoms with Gasteiger partial charge in [0.25, 0.3) is 5.56 Å². The lowest BCUT2D eigenvalue weighted by Crippen LogP contribution is -2.40. The van der Waals surface area contributed by atoms with Crippen molar-refractivity contribution in [1.82, 2.24) is 19.4 Å². The largest absolute Gasteiger partial charge is 0.294 e. The highest BCUT2D eigenvalue weighted by atomic mass is 16.1. The first kappa shape index (κ1) is 16.0. The molecule has 2 aromatic heterocycles. The molecular formula is C20H15N5O. The second-order valence-corrected chi connectivity index (χ2v) is 6.05. The second kappa shape index (κ2) is 6.79. The Morgan fingerprint density at radius 2 is 2.08 bits per heavy atom. The van der Waals surface area contributed by atoms with E-state index in [1.165, 1.54) is 0 Å². The van der Waals surface area contributed by atoms with Crippen LogP contribution in [0.1, 0.15) is 17.1 Å². The normalized spacial score (nSPS) is 13.5. The van der Waals surface area contributed by atoms with Gasteiger partial charge in [0.2, 0.25) is 0 Å². The van der Waals surface area contributed by atoms with E-state index in [1.54, 1.807) is 16.8 Å². The van der Waals surface area contributed by atoms with Crippen molar-refractivity contribution in [2.24, 2.45) is 0 Å². The van der Waals surface area contributed by atoms with Crippen LogP contribution < -0.4 is 5.56 Å². The fraction of sp³-hybridized carbons (Fsp3) is 0.200. The van der Waals surface area contributed by atoms with E-state index >= 15 is 0 Å². The monoisotopic (exact) mass is 341 g/mol. The molecule has 0 unspecified atom stereocenters. The van der Waals surface area contributed by atoms with E-state index in [0.717, 1.165) is 5.56 Å². The molecule has 1 aromatic carbocycles. The maximum atomic E-state index is 12.7. The number of nitrogens with zero attached hydrogens (tertiary/aromatic N) is 5. The van der Waals surface area contributed by atoms with Gasteiger partial charge in [0.1, 0.15) is 11.5 Å². The van der Waals surface area contributed by atoms with Gasteiger partial charge in [0.05, 0.1) is 30.1 Å². The van der Waals surface area contributed by atoms with Crippen LogP contribution in [-0.2, 0) is 13.1 Å². The van der Waals surface area contributed by atoms with Crippen LogP contribution in [0.5, 0.6) is 0 Å². The summed E-state index contributed by atoms with van der Waals surface area (Å²) < 4.78 is 1.70. The average molecular weight is 341 g/mol. The van der Waals surface area contributed by atoms with E-state index in [-0.39, 0.29) is 5.56 Å². The van der Waals surface area contributed by atoms with E-state index in [0.29, 0.717) is 48.6 Å². The molecule has 0 amide bonds. The minimum Gasteiger partial charge on any atom is -0.294 e. The Morgan fingerprint density at radius 1 is 1.15 bits per heavy atom. The smallest absolute Gasteiger partial charge is 0.261 e. The van der Waals surface area contributed by atoms with E-state index in [1.807, 2.05) is 35.2 Å². The molecule has 0 saturated carbocycles. The average Bonchev–Trinajstić information content (AvgIpc) is 2.67. The highest BCUT2D eigenvalue weighted by molar-refractivity contribution is 5.79. The van der Waals surface area contributed by atoms with Crippen LogP contribution in [-0.4, -0.2) is 32.5 Å². The van der Waals surface area contributed by atoms with Crippen LogP contribution in [0, 0.1) is 23.2 Å². The van der Waals surface area contributed by atoms with E-state index in [9.17, 15) is 4.79 Å². The zero-order valence-electron chi connectivity index (χ0n) is 14.0. The summed E-state index contributed by atoms with van der Waals surface area (Å²) in [4.78, 5) is 23.5. The first-order valence-electron chi connectivity index (χ1n) is 8.30. The van der Waals surface area contributed by atoms with Crippen molar-refractivity contribution in [3.63, 3.8) is 0 Å². The van der Waals surface area contributed by atoms with Crippen LogP contribution >= 0.6 is 0 Å². The van der Waals surface area contributed by atoms with Crippen molar-refractivity contribution in [1.29, 1.82) is 5.26 Å². The van der Waals surface area contributed by atoms with Crippen LogP contribution in [0.3, 0.4) is 0 Å². The molecular weight excluding hydrogens is 326 g/mol. The topological polar surface area (TPSA) is 74.8 Å². The number of nitriles is 1. The standard InChI is InChI=1S/C20H15N5O/c21-8-10-24-11-12-25-19(14-24)23-18-13-15(5-7-17(18)20(25)26)4-6-16-3-1-2-9-22-16/h1-3,5,7,9,13H,10-12,14H2. The number of fused-ring (bicyclic) bond motifs is 2. The van der Waals surface area contributed by atoms with Gasteiger partial charge in [0.15, 0.2) is 0 Å². The SMILES string of the molecule is N#CCN1CCn2c(nc3cc(C#Cc4ccccn4)ccc3c2=O)C1. The Labute approximate surface area is 150 Å². The van der Waals surface area contributed by atoms with Gasteiger partial charge in [-0.1, -0.05) is 12.0 Å². The zero-order chi connectivity index (χ0) is 17.9. The molecule has 0 N–H and O–H groups in total. The Kier molecular flexibility index (Phi) is 4.18. The van der Waals surface area contributed by atoms with E-state index in [4.69, 9.17) is 5.26 Å². The molecule has 0 bridgehead atoms. The Bertz CT molecular complexity index is 1130. The molecule has 1 aliphatic rings. The lowest BCUT2D eigenvalue weighted by Gasteiger charge is -2.27. The summed E-state index contributed by atoms with van der Waals surface area (Å²) in [6, 6.07) is 13.2. The summed E-state index contributed by atoms with van der Waals surface area (Å²) in [5.41, 5.74) is 2.07. The van der Waals surface area contributed by atoms with E-state index < -0.39 is 0 Å². The first-order chi connectivity index (χ1) is 12.7. The molecule has 0 saturated heterocycles. The number of hydrogen-bond acceptors (Lipinski definition) is 5. The van der Waals surface area contributed by atoms with Gasteiger partial charge in [-0.2, -0.15) is 5.26 Å². The third-order valence-corrected chi connectivity index (χ3v) is 4.33. The van der Waals surface area contributed by atoms with Crippen molar-refractivity contribution >= 4 is 10.9 Å². The molecule has 0 fully saturated rings. The molecule has 0 spiro atoms. The lowest BCUT2D eigenvalue weighted by atomic mass is 10.1. The van der Waals surface area contributed by atoms with Crippen LogP contribution in [0.25, 0.3) is 10.9 Å². The molecule has 6 heteroatoms. The predicted molar refractivity (Wildman–Crippen MR) is 97.1 cm³/mol. The summed E-state index contributed by atoms with van der Waals surface area (Å²) >= 11 is 0. The minimum atomic E-state index is -0.0363. The Hall–Kier alpha value is -3.48. The fourth-order valence-corrected chi connectivity index (χ4v) is 3.02. The van der Waals surface area contributed by atoms with Gasteiger partial charge in [0, 0.05) is 24.8 Å². The zero-order valence-corrected chi connectivity index (χ0v) is 14.0. The van der Waals surface area contributed by atoms with Gasteiger partial charge in [-0.05, 0) is 36.3 Å². The maximum absolute atomic E-state index is 12.7. The van der Waals surface area contributed by atoms with E-state index in [2.05, 4.69) is 27.9 Å². The van der Waals surface area contributed by atoms with Crippen molar-refractivity contribution < 1.29 is 0 Å². The third kappa shape index (κ3) is 3.06. The van der Waals surface area contributed by atoms with Crippen LogP contribution in [0.15, 0.2) is 47.4 Å². The Morgan fingerprint density at radius 3 is 2.88 bits per heavy atom. The molecule has 0 atom stereocenters. The lowest BCUT2D eigenvalue weighted by molar-refractivity contribution is 0.237. The highest BCUT2D eigenvalue weighted by Crippen LogP contribution is 2.15. The summed E-state index contributed by atoms with van der Waals surface area (Å²) in [5, 5.41) is 9.47. The number of hydrogen-bond donors (Lipinski definition) is 0. The van der Waals surface area contributed by atoms with Crippen LogP contribution in [0.4, 0.5) is 0 Å². The van der Waals surface area contributed by atoms with Crippen molar-refractivity contribution in [3.8, 4) is 17.9 Å². The number of benzene rings is 1. The summed E-state index contributed by atoms with van der Waals surface area (Å²) in [6.45, 7) is 2.08. The fourth-order valence-electron chi connectivity index (χ4n) is 3.02. The van der Waals surface area contributed by atoms with Gasteiger partial charge in [-0.25, -0.2) is 9.97 Å². The Balaban J connectivity index is 1.74. The van der Waals surface area contributed by atoms with Crippen molar-refractivity contribution in [2.75, 3.05) is 13.1 Å². The highest BCUT2D eigenvalue weighted by Gasteiger charge is 2.19.